The maximum absolute atomic E-state index is 12.7. The molecule has 6 nitrogen and oxygen atoms in total. The molecular formula is C20H17NO5. The molecule has 0 aromatic heterocycles. The van der Waals surface area contributed by atoms with Crippen molar-refractivity contribution in [2.24, 2.45) is 0 Å². The summed E-state index contributed by atoms with van der Waals surface area (Å²) < 4.78 is 5.01. The van der Waals surface area contributed by atoms with Crippen LogP contribution in [0.2, 0.25) is 0 Å². The lowest BCUT2D eigenvalue weighted by atomic mass is 10.0. The van der Waals surface area contributed by atoms with Gasteiger partial charge in [0.1, 0.15) is 12.6 Å². The molecular weight excluding hydrogens is 334 g/mol. The van der Waals surface area contributed by atoms with E-state index in [2.05, 4.69) is 0 Å². The molecule has 0 fully saturated rings. The molecule has 0 N–H and O–H groups in total. The minimum Gasteiger partial charge on any atom is -0.456 e. The second-order valence-corrected chi connectivity index (χ2v) is 6.04. The molecule has 0 spiro atoms. The molecule has 1 aliphatic heterocycles. The monoisotopic (exact) mass is 351 g/mol. The lowest BCUT2D eigenvalue weighted by Crippen LogP contribution is -2.47. The number of amides is 2. The van der Waals surface area contributed by atoms with Crippen molar-refractivity contribution < 1.29 is 23.9 Å². The quantitative estimate of drug-likeness (QED) is 0.588. The molecule has 0 saturated heterocycles. The smallest absolute Gasteiger partial charge is 0.330 e. The number of imide groups is 1. The van der Waals surface area contributed by atoms with Gasteiger partial charge in [-0.05, 0) is 24.6 Å². The molecule has 132 valence electrons. The van der Waals surface area contributed by atoms with Gasteiger partial charge in [-0.3, -0.25) is 19.3 Å². The molecule has 1 heterocycles. The summed E-state index contributed by atoms with van der Waals surface area (Å²) >= 11 is 0. The Morgan fingerprint density at radius 2 is 1.46 bits per heavy atom. The van der Waals surface area contributed by atoms with Gasteiger partial charge in [-0.15, -0.1) is 0 Å². The van der Waals surface area contributed by atoms with Crippen LogP contribution in [0.3, 0.4) is 0 Å². The minimum absolute atomic E-state index is 0.114. The molecule has 1 aliphatic rings. The van der Waals surface area contributed by atoms with Crippen molar-refractivity contribution in [2.45, 2.75) is 19.4 Å². The third-order valence-corrected chi connectivity index (χ3v) is 4.10. The maximum Gasteiger partial charge on any atom is 0.330 e. The standard InChI is InChI=1S/C20H17NO5/c1-13(22)12-26-20(25)17(11-14-7-3-2-4-8-14)21-18(23)15-9-5-6-10-16(15)19(21)24/h2-10,17H,11-12H2,1H3. The first-order valence-corrected chi connectivity index (χ1v) is 8.16. The van der Waals surface area contributed by atoms with Gasteiger partial charge in [0.15, 0.2) is 5.78 Å². The Morgan fingerprint density at radius 1 is 0.923 bits per heavy atom. The fraction of sp³-hybridized carbons (Fsp3) is 0.200. The molecule has 2 aromatic rings. The summed E-state index contributed by atoms with van der Waals surface area (Å²) in [7, 11) is 0. The van der Waals surface area contributed by atoms with Gasteiger partial charge in [0.25, 0.3) is 11.8 Å². The number of Topliss-reactive ketones (excluding diaryl/α,β-unsaturated/α-hetero) is 1. The van der Waals surface area contributed by atoms with Crippen LogP contribution in [-0.2, 0) is 20.7 Å². The zero-order chi connectivity index (χ0) is 18.7. The van der Waals surface area contributed by atoms with Gasteiger partial charge in [-0.25, -0.2) is 4.79 Å². The number of carbonyl (C=O) groups excluding carboxylic acids is 4. The van der Waals surface area contributed by atoms with E-state index in [9.17, 15) is 19.2 Å². The number of benzene rings is 2. The van der Waals surface area contributed by atoms with Crippen LogP contribution in [0.1, 0.15) is 33.2 Å². The molecule has 3 rings (SSSR count). The highest BCUT2D eigenvalue weighted by Gasteiger charge is 2.43. The molecule has 0 saturated carbocycles. The zero-order valence-corrected chi connectivity index (χ0v) is 14.2. The number of nitrogens with zero attached hydrogens (tertiary/aromatic N) is 1. The molecule has 0 bridgehead atoms. The Bertz CT molecular complexity index is 840. The number of fused-ring (bicyclic) bond motifs is 1. The number of hydrogen-bond acceptors (Lipinski definition) is 5. The number of rotatable bonds is 6. The molecule has 26 heavy (non-hydrogen) atoms. The van der Waals surface area contributed by atoms with E-state index in [1.807, 2.05) is 6.07 Å². The Hall–Kier alpha value is -3.28. The highest BCUT2D eigenvalue weighted by Crippen LogP contribution is 2.26. The van der Waals surface area contributed by atoms with Crippen molar-refractivity contribution in [2.75, 3.05) is 6.61 Å². The average molecular weight is 351 g/mol. The summed E-state index contributed by atoms with van der Waals surface area (Å²) in [5.41, 5.74) is 1.29. The van der Waals surface area contributed by atoms with Crippen LogP contribution < -0.4 is 0 Å². The largest absolute Gasteiger partial charge is 0.456 e. The van der Waals surface area contributed by atoms with E-state index in [-0.39, 0.29) is 23.3 Å². The van der Waals surface area contributed by atoms with Crippen molar-refractivity contribution in [1.29, 1.82) is 0 Å². The third kappa shape index (κ3) is 3.39. The fourth-order valence-electron chi connectivity index (χ4n) is 2.88. The van der Waals surface area contributed by atoms with E-state index < -0.39 is 30.4 Å². The van der Waals surface area contributed by atoms with Crippen LogP contribution in [0.15, 0.2) is 54.6 Å². The van der Waals surface area contributed by atoms with Gasteiger partial charge >= 0.3 is 5.97 Å². The number of ether oxygens (including phenoxy) is 1. The van der Waals surface area contributed by atoms with E-state index in [1.165, 1.54) is 6.92 Å². The number of esters is 1. The van der Waals surface area contributed by atoms with E-state index in [1.54, 1.807) is 48.5 Å². The normalized spacial score (nSPS) is 14.1. The summed E-state index contributed by atoms with van der Waals surface area (Å²) in [6, 6.07) is 14.3. The van der Waals surface area contributed by atoms with Gasteiger partial charge in [0, 0.05) is 6.42 Å². The van der Waals surface area contributed by atoms with Crippen LogP contribution in [0.5, 0.6) is 0 Å². The van der Waals surface area contributed by atoms with Crippen molar-refractivity contribution in [3.8, 4) is 0 Å². The Labute approximate surface area is 150 Å². The number of hydrogen-bond donors (Lipinski definition) is 0. The van der Waals surface area contributed by atoms with Crippen LogP contribution in [0.25, 0.3) is 0 Å². The average Bonchev–Trinajstić information content (AvgIpc) is 2.90. The first kappa shape index (κ1) is 17.5. The zero-order valence-electron chi connectivity index (χ0n) is 14.2. The predicted octanol–water partition coefficient (Wildman–Crippen LogP) is 2.03. The fourth-order valence-corrected chi connectivity index (χ4v) is 2.88. The topological polar surface area (TPSA) is 80.8 Å². The van der Waals surface area contributed by atoms with Gasteiger partial charge < -0.3 is 4.74 Å². The summed E-state index contributed by atoms with van der Waals surface area (Å²) in [4.78, 5) is 50.0. The van der Waals surface area contributed by atoms with E-state index in [0.717, 1.165) is 10.5 Å². The Balaban J connectivity index is 1.93. The molecule has 6 heteroatoms. The Morgan fingerprint density at radius 3 is 2.00 bits per heavy atom. The van der Waals surface area contributed by atoms with Crippen molar-refractivity contribution in [3.63, 3.8) is 0 Å². The Kier molecular flexibility index (Phi) is 4.93. The molecule has 0 aliphatic carbocycles. The van der Waals surface area contributed by atoms with Crippen LogP contribution >= 0.6 is 0 Å². The molecule has 2 aromatic carbocycles. The highest BCUT2D eigenvalue weighted by atomic mass is 16.5. The molecule has 1 atom stereocenters. The number of carbonyl (C=O) groups is 4. The van der Waals surface area contributed by atoms with Gasteiger partial charge in [-0.1, -0.05) is 42.5 Å². The second-order valence-electron chi connectivity index (χ2n) is 6.04. The van der Waals surface area contributed by atoms with E-state index in [0.29, 0.717) is 0 Å². The first-order valence-electron chi connectivity index (χ1n) is 8.16. The predicted molar refractivity (Wildman–Crippen MR) is 92.5 cm³/mol. The van der Waals surface area contributed by atoms with E-state index in [4.69, 9.17) is 4.74 Å². The van der Waals surface area contributed by atoms with Gasteiger partial charge in [0.05, 0.1) is 11.1 Å². The van der Waals surface area contributed by atoms with Crippen LogP contribution in [-0.4, -0.2) is 41.1 Å². The van der Waals surface area contributed by atoms with Crippen LogP contribution in [0, 0.1) is 0 Å². The first-order chi connectivity index (χ1) is 12.5. The van der Waals surface area contributed by atoms with Crippen molar-refractivity contribution in [1.82, 2.24) is 4.90 Å². The molecule has 2 amide bonds. The summed E-state index contributed by atoms with van der Waals surface area (Å²) in [6.45, 7) is 0.898. The van der Waals surface area contributed by atoms with Gasteiger partial charge in [0.2, 0.25) is 0 Å². The maximum atomic E-state index is 12.7. The summed E-state index contributed by atoms with van der Waals surface area (Å²) in [5.74, 6) is -2.17. The lowest BCUT2D eigenvalue weighted by molar-refractivity contribution is -0.151. The highest BCUT2D eigenvalue weighted by molar-refractivity contribution is 6.22. The van der Waals surface area contributed by atoms with Crippen molar-refractivity contribution >= 4 is 23.6 Å². The van der Waals surface area contributed by atoms with Crippen molar-refractivity contribution in [3.05, 3.63) is 71.3 Å². The van der Waals surface area contributed by atoms with Gasteiger partial charge in [-0.2, -0.15) is 0 Å². The molecule has 1 unspecified atom stereocenters. The van der Waals surface area contributed by atoms with Crippen LogP contribution in [0.4, 0.5) is 0 Å². The third-order valence-electron chi connectivity index (χ3n) is 4.10. The summed E-state index contributed by atoms with van der Waals surface area (Å²) in [6.07, 6.45) is 0.114. The minimum atomic E-state index is -1.14. The second kappa shape index (κ2) is 7.31. The molecule has 0 radical (unpaired) electrons. The summed E-state index contributed by atoms with van der Waals surface area (Å²) in [5, 5.41) is 0. The number of ketones is 1. The van der Waals surface area contributed by atoms with E-state index >= 15 is 0 Å². The SMILES string of the molecule is CC(=O)COC(=O)C(Cc1ccccc1)N1C(=O)c2ccccc2C1=O. The lowest BCUT2D eigenvalue weighted by Gasteiger charge is -2.24.